The van der Waals surface area contributed by atoms with Crippen molar-refractivity contribution in [3.63, 3.8) is 0 Å². The number of thiophene rings is 1. The van der Waals surface area contributed by atoms with Crippen LogP contribution in [0, 0.1) is 0 Å². The third-order valence-corrected chi connectivity index (χ3v) is 4.75. The molecule has 0 saturated carbocycles. The van der Waals surface area contributed by atoms with Gasteiger partial charge >= 0.3 is 0 Å². The van der Waals surface area contributed by atoms with Gasteiger partial charge in [0.05, 0.1) is 5.60 Å². The molecule has 1 aromatic rings. The minimum atomic E-state index is -0.566. The molecule has 1 aromatic heterocycles. The normalized spacial score (nSPS) is 27.6. The molecule has 1 aliphatic rings. The standard InChI is InChI=1S/C11H15BrO2S/c12-9-2-7-15-10(9)8-11(13)3-1-5-14-6-4-11/h2,7,13H,1,3-6,8H2. The number of aliphatic hydroxyl groups is 1. The molecule has 1 N–H and O–H groups in total. The minimum absolute atomic E-state index is 0.566. The van der Waals surface area contributed by atoms with Gasteiger partial charge in [0, 0.05) is 29.0 Å². The lowest BCUT2D eigenvalue weighted by atomic mass is 9.91. The number of ether oxygens (including phenoxy) is 1. The van der Waals surface area contributed by atoms with Crippen LogP contribution in [-0.2, 0) is 11.2 Å². The van der Waals surface area contributed by atoms with Crippen LogP contribution in [-0.4, -0.2) is 23.9 Å². The van der Waals surface area contributed by atoms with Crippen LogP contribution in [0.25, 0.3) is 0 Å². The molecule has 1 atom stereocenters. The predicted molar refractivity (Wildman–Crippen MR) is 65.3 cm³/mol. The first kappa shape index (κ1) is 11.6. The molecule has 0 amide bonds. The summed E-state index contributed by atoms with van der Waals surface area (Å²) < 4.78 is 6.49. The molecule has 2 nitrogen and oxygen atoms in total. The Morgan fingerprint density at radius 3 is 3.07 bits per heavy atom. The Bertz CT molecular complexity index is 316. The molecule has 1 fully saturated rings. The Kier molecular flexibility index (Phi) is 3.83. The summed E-state index contributed by atoms with van der Waals surface area (Å²) in [6.07, 6.45) is 3.29. The molecule has 0 spiro atoms. The molecule has 4 heteroatoms. The van der Waals surface area contributed by atoms with Gasteiger partial charge in [-0.25, -0.2) is 0 Å². The van der Waals surface area contributed by atoms with Gasteiger partial charge in [-0.1, -0.05) is 0 Å². The average Bonchev–Trinajstić information content (AvgIpc) is 2.48. The first-order valence-electron chi connectivity index (χ1n) is 5.22. The zero-order valence-electron chi connectivity index (χ0n) is 8.54. The lowest BCUT2D eigenvalue weighted by Crippen LogP contribution is -2.31. The van der Waals surface area contributed by atoms with Crippen molar-refractivity contribution < 1.29 is 9.84 Å². The molecule has 0 radical (unpaired) electrons. The van der Waals surface area contributed by atoms with Crippen LogP contribution in [0.5, 0.6) is 0 Å². The van der Waals surface area contributed by atoms with Crippen LogP contribution in [0.1, 0.15) is 24.1 Å². The van der Waals surface area contributed by atoms with E-state index in [-0.39, 0.29) is 0 Å². The summed E-state index contributed by atoms with van der Waals surface area (Å²) in [5.74, 6) is 0. The van der Waals surface area contributed by atoms with Crippen LogP contribution < -0.4 is 0 Å². The van der Waals surface area contributed by atoms with E-state index in [0.29, 0.717) is 6.61 Å². The zero-order valence-corrected chi connectivity index (χ0v) is 10.9. The van der Waals surface area contributed by atoms with Crippen molar-refractivity contribution >= 4 is 27.3 Å². The lowest BCUT2D eigenvalue weighted by molar-refractivity contribution is 0.0194. The SMILES string of the molecule is OC1(Cc2sccc2Br)CCCOCC1. The summed E-state index contributed by atoms with van der Waals surface area (Å²) in [6, 6.07) is 2.04. The predicted octanol–water partition coefficient (Wildman–Crippen LogP) is 2.98. The fourth-order valence-corrected chi connectivity index (χ4v) is 3.55. The van der Waals surface area contributed by atoms with Crippen molar-refractivity contribution in [3.8, 4) is 0 Å². The van der Waals surface area contributed by atoms with E-state index in [1.165, 1.54) is 4.88 Å². The third-order valence-electron chi connectivity index (χ3n) is 2.82. The van der Waals surface area contributed by atoms with Crippen molar-refractivity contribution in [2.75, 3.05) is 13.2 Å². The van der Waals surface area contributed by atoms with Crippen molar-refractivity contribution in [2.45, 2.75) is 31.3 Å². The van der Waals surface area contributed by atoms with Gasteiger partial charge < -0.3 is 9.84 Å². The van der Waals surface area contributed by atoms with E-state index >= 15 is 0 Å². The number of halogens is 1. The highest BCUT2D eigenvalue weighted by atomic mass is 79.9. The van der Waals surface area contributed by atoms with Crippen molar-refractivity contribution in [2.24, 2.45) is 0 Å². The van der Waals surface area contributed by atoms with Crippen molar-refractivity contribution in [1.29, 1.82) is 0 Å². The molecule has 0 aromatic carbocycles. The van der Waals surface area contributed by atoms with E-state index in [0.717, 1.165) is 36.8 Å². The highest BCUT2D eigenvalue weighted by molar-refractivity contribution is 9.10. The summed E-state index contributed by atoms with van der Waals surface area (Å²) in [6.45, 7) is 1.47. The zero-order chi connectivity index (χ0) is 10.7. The van der Waals surface area contributed by atoms with E-state index in [9.17, 15) is 5.11 Å². The van der Waals surface area contributed by atoms with Crippen molar-refractivity contribution in [1.82, 2.24) is 0 Å². The maximum absolute atomic E-state index is 10.5. The molecule has 2 heterocycles. The molecule has 1 aliphatic heterocycles. The van der Waals surface area contributed by atoms with E-state index in [1.54, 1.807) is 11.3 Å². The second-order valence-electron chi connectivity index (χ2n) is 4.06. The first-order valence-corrected chi connectivity index (χ1v) is 6.89. The molecule has 0 bridgehead atoms. The second-order valence-corrected chi connectivity index (χ2v) is 5.91. The number of hydrogen-bond donors (Lipinski definition) is 1. The summed E-state index contributed by atoms with van der Waals surface area (Å²) in [5, 5.41) is 12.5. The van der Waals surface area contributed by atoms with Gasteiger partial charge in [0.2, 0.25) is 0 Å². The van der Waals surface area contributed by atoms with Gasteiger partial charge in [0.15, 0.2) is 0 Å². The summed E-state index contributed by atoms with van der Waals surface area (Å²) >= 11 is 5.21. The second kappa shape index (κ2) is 4.95. The molecule has 0 aliphatic carbocycles. The van der Waals surface area contributed by atoms with Crippen LogP contribution in [0.4, 0.5) is 0 Å². The van der Waals surface area contributed by atoms with Gasteiger partial charge in [-0.05, 0) is 46.6 Å². The molecular weight excluding hydrogens is 276 g/mol. The minimum Gasteiger partial charge on any atom is -0.389 e. The van der Waals surface area contributed by atoms with Crippen LogP contribution in [0.3, 0.4) is 0 Å². The van der Waals surface area contributed by atoms with Crippen LogP contribution >= 0.6 is 27.3 Å². The topological polar surface area (TPSA) is 29.5 Å². The highest BCUT2D eigenvalue weighted by Gasteiger charge is 2.29. The van der Waals surface area contributed by atoms with Crippen LogP contribution in [0.2, 0.25) is 0 Å². The van der Waals surface area contributed by atoms with E-state index < -0.39 is 5.60 Å². The Balaban J connectivity index is 2.05. The monoisotopic (exact) mass is 290 g/mol. The molecule has 1 saturated heterocycles. The summed E-state index contributed by atoms with van der Waals surface area (Å²) in [4.78, 5) is 1.24. The number of hydrogen-bond acceptors (Lipinski definition) is 3. The molecule has 84 valence electrons. The highest BCUT2D eigenvalue weighted by Crippen LogP contribution is 2.31. The average molecular weight is 291 g/mol. The van der Waals surface area contributed by atoms with Gasteiger partial charge in [-0.15, -0.1) is 11.3 Å². The van der Waals surface area contributed by atoms with Gasteiger partial charge in [0.25, 0.3) is 0 Å². The largest absolute Gasteiger partial charge is 0.389 e. The maximum atomic E-state index is 10.5. The first-order chi connectivity index (χ1) is 7.20. The maximum Gasteiger partial charge on any atom is 0.0719 e. The van der Waals surface area contributed by atoms with E-state index in [2.05, 4.69) is 21.3 Å². The summed E-state index contributed by atoms with van der Waals surface area (Å²) in [7, 11) is 0. The molecule has 15 heavy (non-hydrogen) atoms. The van der Waals surface area contributed by atoms with Crippen molar-refractivity contribution in [3.05, 3.63) is 20.8 Å². The molecular formula is C11H15BrO2S. The van der Waals surface area contributed by atoms with E-state index in [4.69, 9.17) is 4.74 Å². The number of rotatable bonds is 2. The Labute approximate surface area is 102 Å². The summed E-state index contributed by atoms with van der Waals surface area (Å²) in [5.41, 5.74) is -0.566. The van der Waals surface area contributed by atoms with Gasteiger partial charge in [0.1, 0.15) is 0 Å². The Hall–Kier alpha value is 0.1000. The van der Waals surface area contributed by atoms with Gasteiger partial charge in [-0.2, -0.15) is 0 Å². The Morgan fingerprint density at radius 2 is 2.33 bits per heavy atom. The fourth-order valence-electron chi connectivity index (χ4n) is 1.92. The van der Waals surface area contributed by atoms with Gasteiger partial charge in [-0.3, -0.25) is 0 Å². The van der Waals surface area contributed by atoms with E-state index in [1.807, 2.05) is 6.07 Å². The fraction of sp³-hybridized carbons (Fsp3) is 0.636. The lowest BCUT2D eigenvalue weighted by Gasteiger charge is -2.25. The molecule has 2 rings (SSSR count). The quantitative estimate of drug-likeness (QED) is 0.907. The molecule has 1 unspecified atom stereocenters. The Morgan fingerprint density at radius 1 is 1.47 bits per heavy atom. The third kappa shape index (κ3) is 3.03. The van der Waals surface area contributed by atoms with Crippen LogP contribution in [0.15, 0.2) is 15.9 Å². The smallest absolute Gasteiger partial charge is 0.0719 e.